The first kappa shape index (κ1) is 14.8. The second-order valence-electron chi connectivity index (χ2n) is 5.74. The molecule has 1 aromatic carbocycles. The summed E-state index contributed by atoms with van der Waals surface area (Å²) in [6, 6.07) is 7.18. The van der Waals surface area contributed by atoms with E-state index >= 15 is 0 Å². The highest BCUT2D eigenvalue weighted by molar-refractivity contribution is 5.86. The van der Waals surface area contributed by atoms with Crippen LogP contribution in [0.4, 0.5) is 0 Å². The van der Waals surface area contributed by atoms with Gasteiger partial charge in [-0.15, -0.1) is 0 Å². The van der Waals surface area contributed by atoms with Crippen LogP contribution in [0.1, 0.15) is 36.7 Å². The van der Waals surface area contributed by atoms with Crippen LogP contribution < -0.4 is 11.2 Å². The summed E-state index contributed by atoms with van der Waals surface area (Å²) >= 11 is 0. The van der Waals surface area contributed by atoms with E-state index in [1.54, 1.807) is 12.1 Å². The number of carboxylic acid groups (broad SMARTS) is 1. The van der Waals surface area contributed by atoms with Gasteiger partial charge in [-0.1, -0.05) is 39.0 Å². The van der Waals surface area contributed by atoms with Crippen molar-refractivity contribution in [1.82, 2.24) is 9.55 Å². The molecule has 0 saturated heterocycles. The van der Waals surface area contributed by atoms with Crippen molar-refractivity contribution in [3.8, 4) is 5.69 Å². The van der Waals surface area contributed by atoms with Gasteiger partial charge in [-0.05, 0) is 17.0 Å². The Morgan fingerprint density at radius 3 is 2.38 bits per heavy atom. The van der Waals surface area contributed by atoms with Crippen molar-refractivity contribution in [2.24, 2.45) is 0 Å². The molecule has 21 heavy (non-hydrogen) atoms. The third-order valence-electron chi connectivity index (χ3n) is 3.14. The topological polar surface area (TPSA) is 92.2 Å². The van der Waals surface area contributed by atoms with Crippen LogP contribution in [0, 0.1) is 0 Å². The van der Waals surface area contributed by atoms with E-state index in [0.717, 1.165) is 16.3 Å². The van der Waals surface area contributed by atoms with Crippen LogP contribution in [0.15, 0.2) is 40.1 Å². The molecule has 0 bridgehead atoms. The summed E-state index contributed by atoms with van der Waals surface area (Å²) in [6.45, 7) is 5.96. The average Bonchev–Trinajstić information content (AvgIpc) is 2.37. The van der Waals surface area contributed by atoms with E-state index in [1.807, 2.05) is 37.9 Å². The molecule has 2 N–H and O–H groups in total. The number of hydrogen-bond donors (Lipinski definition) is 2. The first-order chi connectivity index (χ1) is 9.71. The maximum Gasteiger partial charge on any atom is 0.342 e. The first-order valence-corrected chi connectivity index (χ1v) is 6.41. The molecule has 2 rings (SSSR count). The quantitative estimate of drug-likeness (QED) is 0.876. The Labute approximate surface area is 120 Å². The Hall–Kier alpha value is -2.63. The summed E-state index contributed by atoms with van der Waals surface area (Å²) in [7, 11) is 0. The van der Waals surface area contributed by atoms with Crippen LogP contribution in [-0.2, 0) is 5.41 Å². The third kappa shape index (κ3) is 2.79. The zero-order chi connectivity index (χ0) is 15.8. The Morgan fingerprint density at radius 1 is 1.19 bits per heavy atom. The summed E-state index contributed by atoms with van der Waals surface area (Å²) < 4.78 is 1.16. The molecule has 0 aliphatic heterocycles. The summed E-state index contributed by atoms with van der Waals surface area (Å²) in [5.74, 6) is -1.38. The molecule has 0 fully saturated rings. The summed E-state index contributed by atoms with van der Waals surface area (Å²) in [5, 5.41) is 9.02. The number of aromatic nitrogens is 2. The first-order valence-electron chi connectivity index (χ1n) is 6.41. The van der Waals surface area contributed by atoms with Gasteiger partial charge in [0.05, 0.1) is 5.69 Å². The van der Waals surface area contributed by atoms with Crippen LogP contribution in [-0.4, -0.2) is 20.6 Å². The lowest BCUT2D eigenvalue weighted by Gasteiger charge is -2.23. The zero-order valence-corrected chi connectivity index (χ0v) is 12.0. The van der Waals surface area contributed by atoms with Crippen LogP contribution in [0.2, 0.25) is 0 Å². The maximum absolute atomic E-state index is 12.0. The van der Waals surface area contributed by atoms with Gasteiger partial charge in [0.2, 0.25) is 0 Å². The average molecular weight is 288 g/mol. The van der Waals surface area contributed by atoms with Gasteiger partial charge >= 0.3 is 11.7 Å². The lowest BCUT2D eigenvalue weighted by Crippen LogP contribution is -2.33. The third-order valence-corrected chi connectivity index (χ3v) is 3.14. The molecular formula is C15H16N2O4. The fraction of sp³-hybridized carbons (Fsp3) is 0.267. The normalized spacial score (nSPS) is 11.4. The number of rotatable bonds is 2. The number of H-pyrrole nitrogens is 1. The van der Waals surface area contributed by atoms with Crippen molar-refractivity contribution >= 4 is 5.97 Å². The van der Waals surface area contributed by atoms with E-state index in [0.29, 0.717) is 5.69 Å². The van der Waals surface area contributed by atoms with E-state index in [4.69, 9.17) is 5.11 Å². The van der Waals surface area contributed by atoms with Crippen molar-refractivity contribution < 1.29 is 9.90 Å². The molecule has 0 saturated carbocycles. The van der Waals surface area contributed by atoms with Gasteiger partial charge in [0.15, 0.2) is 0 Å². The SMILES string of the molecule is CC(C)(C)c1ccccc1-n1cc(C(=O)O)c(=O)[nH]c1=O. The Kier molecular flexibility index (Phi) is 3.55. The molecule has 0 aliphatic rings. The van der Waals surface area contributed by atoms with E-state index in [-0.39, 0.29) is 5.41 Å². The Balaban J connectivity index is 2.80. The monoisotopic (exact) mass is 288 g/mol. The minimum atomic E-state index is -1.38. The number of hydrogen-bond acceptors (Lipinski definition) is 3. The van der Waals surface area contributed by atoms with Crippen molar-refractivity contribution in [3.05, 3.63) is 62.4 Å². The number of nitrogens with zero attached hydrogens (tertiary/aromatic N) is 1. The minimum absolute atomic E-state index is 0.241. The molecule has 110 valence electrons. The minimum Gasteiger partial charge on any atom is -0.477 e. The van der Waals surface area contributed by atoms with Crippen LogP contribution in [0.25, 0.3) is 5.69 Å². The number of aromatic amines is 1. The molecule has 1 heterocycles. The van der Waals surface area contributed by atoms with Crippen molar-refractivity contribution in [1.29, 1.82) is 0 Å². The number of nitrogens with one attached hydrogen (secondary N) is 1. The Bertz CT molecular complexity index is 809. The number of carbonyl (C=O) groups is 1. The largest absolute Gasteiger partial charge is 0.477 e. The van der Waals surface area contributed by atoms with Crippen LogP contribution in [0.5, 0.6) is 0 Å². The molecule has 0 atom stereocenters. The summed E-state index contributed by atoms with van der Waals surface area (Å²) in [6.07, 6.45) is 1.06. The standard InChI is InChI=1S/C15H16N2O4/c1-15(2,3)10-6-4-5-7-11(10)17-8-9(13(19)20)12(18)16-14(17)21/h4-8H,1-3H3,(H,19,20)(H,16,18,21). The molecule has 0 aliphatic carbocycles. The molecule has 6 nitrogen and oxygen atoms in total. The second-order valence-corrected chi connectivity index (χ2v) is 5.74. The van der Waals surface area contributed by atoms with Crippen molar-refractivity contribution in [2.75, 3.05) is 0 Å². The predicted molar refractivity (Wildman–Crippen MR) is 78.3 cm³/mol. The summed E-state index contributed by atoms with van der Waals surface area (Å²) in [5.41, 5.74) is -0.864. The van der Waals surface area contributed by atoms with E-state index in [2.05, 4.69) is 0 Å². The van der Waals surface area contributed by atoms with Gasteiger partial charge in [0.25, 0.3) is 5.56 Å². The highest BCUT2D eigenvalue weighted by Crippen LogP contribution is 2.27. The molecule has 2 aromatic rings. The lowest BCUT2D eigenvalue weighted by atomic mass is 9.86. The van der Waals surface area contributed by atoms with E-state index in [1.165, 1.54) is 0 Å². The Morgan fingerprint density at radius 2 is 1.81 bits per heavy atom. The molecule has 1 aromatic heterocycles. The molecule has 0 unspecified atom stereocenters. The molecule has 6 heteroatoms. The predicted octanol–water partition coefficient (Wildman–Crippen LogP) is 1.52. The second kappa shape index (κ2) is 5.05. The van der Waals surface area contributed by atoms with Crippen molar-refractivity contribution in [2.45, 2.75) is 26.2 Å². The summed E-state index contributed by atoms with van der Waals surface area (Å²) in [4.78, 5) is 36.6. The molecule has 0 spiro atoms. The van der Waals surface area contributed by atoms with Crippen LogP contribution in [0.3, 0.4) is 0 Å². The van der Waals surface area contributed by atoms with Crippen LogP contribution >= 0.6 is 0 Å². The van der Waals surface area contributed by atoms with Gasteiger partial charge in [0.1, 0.15) is 5.56 Å². The maximum atomic E-state index is 12.0. The fourth-order valence-electron chi connectivity index (χ4n) is 2.12. The smallest absolute Gasteiger partial charge is 0.342 e. The molecular weight excluding hydrogens is 272 g/mol. The highest BCUT2D eigenvalue weighted by atomic mass is 16.4. The van der Waals surface area contributed by atoms with Gasteiger partial charge in [0, 0.05) is 6.20 Å². The number of para-hydroxylation sites is 1. The number of benzene rings is 1. The van der Waals surface area contributed by atoms with Gasteiger partial charge in [-0.2, -0.15) is 0 Å². The number of aromatic carboxylic acids is 1. The lowest BCUT2D eigenvalue weighted by molar-refractivity contribution is 0.0694. The van der Waals surface area contributed by atoms with Gasteiger partial charge in [-0.25, -0.2) is 9.59 Å². The highest BCUT2D eigenvalue weighted by Gasteiger charge is 2.20. The van der Waals surface area contributed by atoms with E-state index in [9.17, 15) is 14.4 Å². The van der Waals surface area contributed by atoms with E-state index < -0.39 is 22.8 Å². The molecule has 0 radical (unpaired) electrons. The van der Waals surface area contributed by atoms with Gasteiger partial charge < -0.3 is 5.11 Å². The molecule has 0 amide bonds. The number of carboxylic acids is 1. The fourth-order valence-corrected chi connectivity index (χ4v) is 2.12. The zero-order valence-electron chi connectivity index (χ0n) is 12.0. The van der Waals surface area contributed by atoms with Crippen molar-refractivity contribution in [3.63, 3.8) is 0 Å². The van der Waals surface area contributed by atoms with Gasteiger partial charge in [-0.3, -0.25) is 14.3 Å².